The zero-order chi connectivity index (χ0) is 19.2. The van der Waals surface area contributed by atoms with E-state index in [0.29, 0.717) is 17.7 Å². The van der Waals surface area contributed by atoms with Gasteiger partial charge in [0.05, 0.1) is 5.75 Å². The molecule has 0 bridgehead atoms. The Labute approximate surface area is 163 Å². The number of hydrogen-bond acceptors (Lipinski definition) is 6. The number of aromatic nitrogens is 2. The minimum Gasteiger partial charge on any atom is -0.411 e. The summed E-state index contributed by atoms with van der Waals surface area (Å²) < 4.78 is 5.61. The highest BCUT2D eigenvalue weighted by atomic mass is 32.2. The smallest absolute Gasteiger partial charge is 0.277 e. The predicted octanol–water partition coefficient (Wildman–Crippen LogP) is 3.52. The summed E-state index contributed by atoms with van der Waals surface area (Å²) in [6.07, 6.45) is 0. The molecule has 0 spiro atoms. The van der Waals surface area contributed by atoms with Crippen molar-refractivity contribution in [2.75, 3.05) is 24.7 Å². The fraction of sp³-hybridized carbons (Fsp3) is 0.250. The molecule has 7 heteroatoms. The van der Waals surface area contributed by atoms with Crippen LogP contribution in [0, 0.1) is 6.92 Å². The molecule has 1 amide bonds. The summed E-state index contributed by atoms with van der Waals surface area (Å²) in [5.41, 5.74) is 4.21. The van der Waals surface area contributed by atoms with Gasteiger partial charge in [-0.15, -0.1) is 10.2 Å². The van der Waals surface area contributed by atoms with Gasteiger partial charge in [-0.3, -0.25) is 4.79 Å². The first kappa shape index (κ1) is 19.0. The lowest BCUT2D eigenvalue weighted by molar-refractivity contribution is -0.118. The Kier molecular flexibility index (Phi) is 6.13. The van der Waals surface area contributed by atoms with E-state index >= 15 is 0 Å². The Hall–Kier alpha value is -2.80. The maximum Gasteiger partial charge on any atom is 0.277 e. The van der Waals surface area contributed by atoms with Crippen LogP contribution in [-0.2, 0) is 11.3 Å². The summed E-state index contributed by atoms with van der Waals surface area (Å²) in [6, 6.07) is 15.9. The topological polar surface area (TPSA) is 71.3 Å². The minimum atomic E-state index is -0.0771. The Balaban J connectivity index is 1.47. The first-order chi connectivity index (χ1) is 13.0. The fourth-order valence-electron chi connectivity index (χ4n) is 2.37. The number of carbonyl (C=O) groups excluding carboxylic acids is 1. The van der Waals surface area contributed by atoms with E-state index in [9.17, 15) is 4.79 Å². The quantitative estimate of drug-likeness (QED) is 0.631. The van der Waals surface area contributed by atoms with Gasteiger partial charge in [0.1, 0.15) is 0 Å². The molecule has 6 nitrogen and oxygen atoms in total. The molecule has 0 aliphatic heterocycles. The Morgan fingerprint density at radius 1 is 1.07 bits per heavy atom. The van der Waals surface area contributed by atoms with Crippen molar-refractivity contribution >= 4 is 23.4 Å². The average Bonchev–Trinajstić information content (AvgIpc) is 3.14. The van der Waals surface area contributed by atoms with Gasteiger partial charge in [0.15, 0.2) is 0 Å². The molecule has 140 valence electrons. The summed E-state index contributed by atoms with van der Waals surface area (Å²) in [7, 11) is 3.99. The molecule has 1 aromatic heterocycles. The second kappa shape index (κ2) is 8.73. The summed E-state index contributed by atoms with van der Waals surface area (Å²) in [4.78, 5) is 14.1. The molecule has 0 atom stereocenters. The van der Waals surface area contributed by atoms with Crippen LogP contribution >= 0.6 is 11.8 Å². The van der Waals surface area contributed by atoms with E-state index in [-0.39, 0.29) is 11.7 Å². The first-order valence-corrected chi connectivity index (χ1v) is 9.56. The van der Waals surface area contributed by atoms with E-state index in [4.69, 9.17) is 4.42 Å². The standard InChI is InChI=1S/C20H22N4O2S/c1-14-4-8-16(9-5-14)19-22-23-20(26-19)27-13-18(25)21-12-15-6-10-17(11-7-15)24(2)3/h4-11H,12-13H2,1-3H3,(H,21,25). The van der Waals surface area contributed by atoms with Gasteiger partial charge in [-0.25, -0.2) is 0 Å². The lowest BCUT2D eigenvalue weighted by atomic mass is 10.1. The Bertz CT molecular complexity index is 889. The van der Waals surface area contributed by atoms with Crippen LogP contribution in [0.4, 0.5) is 5.69 Å². The first-order valence-electron chi connectivity index (χ1n) is 8.57. The van der Waals surface area contributed by atoms with E-state index in [0.717, 1.165) is 16.8 Å². The summed E-state index contributed by atoms with van der Waals surface area (Å²) in [6.45, 7) is 2.51. The molecule has 0 radical (unpaired) electrons. The van der Waals surface area contributed by atoms with Crippen LogP contribution < -0.4 is 10.2 Å². The van der Waals surface area contributed by atoms with Crippen LogP contribution in [-0.4, -0.2) is 36.0 Å². The predicted molar refractivity (Wildman–Crippen MR) is 108 cm³/mol. The lowest BCUT2D eigenvalue weighted by Gasteiger charge is -2.12. The summed E-state index contributed by atoms with van der Waals surface area (Å²) in [5, 5.41) is 11.3. The average molecular weight is 382 g/mol. The van der Waals surface area contributed by atoms with Crippen molar-refractivity contribution in [2.24, 2.45) is 0 Å². The number of amides is 1. The number of hydrogen-bond donors (Lipinski definition) is 1. The van der Waals surface area contributed by atoms with Crippen molar-refractivity contribution in [3.8, 4) is 11.5 Å². The van der Waals surface area contributed by atoms with Crippen molar-refractivity contribution < 1.29 is 9.21 Å². The molecule has 0 unspecified atom stereocenters. The third-order valence-electron chi connectivity index (χ3n) is 3.97. The van der Waals surface area contributed by atoms with Crippen molar-refractivity contribution in [1.29, 1.82) is 0 Å². The number of carbonyl (C=O) groups is 1. The van der Waals surface area contributed by atoms with Gasteiger partial charge in [0.25, 0.3) is 5.22 Å². The number of nitrogens with zero attached hydrogens (tertiary/aromatic N) is 3. The SMILES string of the molecule is Cc1ccc(-c2nnc(SCC(=O)NCc3ccc(N(C)C)cc3)o2)cc1. The maximum atomic E-state index is 12.0. The maximum absolute atomic E-state index is 12.0. The van der Waals surface area contributed by atoms with E-state index in [1.54, 1.807) is 0 Å². The summed E-state index contributed by atoms with van der Waals surface area (Å²) in [5.74, 6) is 0.608. The molecule has 3 rings (SSSR count). The van der Waals surface area contributed by atoms with Gasteiger partial charge < -0.3 is 14.6 Å². The number of benzene rings is 2. The monoisotopic (exact) mass is 382 g/mol. The van der Waals surface area contributed by atoms with Crippen molar-refractivity contribution in [2.45, 2.75) is 18.7 Å². The van der Waals surface area contributed by atoms with Crippen molar-refractivity contribution in [3.63, 3.8) is 0 Å². The van der Waals surface area contributed by atoms with Crippen LogP contribution in [0.3, 0.4) is 0 Å². The molecular formula is C20H22N4O2S. The van der Waals surface area contributed by atoms with Crippen LogP contribution in [0.15, 0.2) is 58.2 Å². The van der Waals surface area contributed by atoms with Gasteiger partial charge >= 0.3 is 0 Å². The minimum absolute atomic E-state index is 0.0771. The van der Waals surface area contributed by atoms with E-state index in [1.165, 1.54) is 17.3 Å². The van der Waals surface area contributed by atoms with E-state index in [2.05, 4.69) is 15.5 Å². The molecule has 0 aliphatic carbocycles. The molecule has 3 aromatic rings. The molecule has 0 saturated heterocycles. The number of aryl methyl sites for hydroxylation is 1. The van der Waals surface area contributed by atoms with Gasteiger partial charge in [0.2, 0.25) is 11.8 Å². The van der Waals surface area contributed by atoms with Crippen molar-refractivity contribution in [1.82, 2.24) is 15.5 Å². The highest BCUT2D eigenvalue weighted by Gasteiger charge is 2.11. The summed E-state index contributed by atoms with van der Waals surface area (Å²) >= 11 is 1.23. The molecule has 0 saturated carbocycles. The van der Waals surface area contributed by atoms with Crippen LogP contribution in [0.5, 0.6) is 0 Å². The largest absolute Gasteiger partial charge is 0.411 e. The van der Waals surface area contributed by atoms with Gasteiger partial charge in [-0.1, -0.05) is 41.6 Å². The normalized spacial score (nSPS) is 10.6. The van der Waals surface area contributed by atoms with Gasteiger partial charge in [-0.05, 0) is 36.8 Å². The van der Waals surface area contributed by atoms with Gasteiger partial charge in [-0.2, -0.15) is 0 Å². The second-order valence-electron chi connectivity index (χ2n) is 6.37. The van der Waals surface area contributed by atoms with E-state index < -0.39 is 0 Å². The highest BCUT2D eigenvalue weighted by molar-refractivity contribution is 7.99. The molecule has 2 aromatic carbocycles. The third-order valence-corrected chi connectivity index (χ3v) is 4.79. The molecule has 0 fully saturated rings. The molecule has 1 N–H and O–H groups in total. The number of thioether (sulfide) groups is 1. The van der Waals surface area contributed by atoms with Crippen LogP contribution in [0.25, 0.3) is 11.5 Å². The number of rotatable bonds is 7. The van der Waals surface area contributed by atoms with E-state index in [1.807, 2.05) is 74.4 Å². The Morgan fingerprint density at radius 3 is 2.44 bits per heavy atom. The van der Waals surface area contributed by atoms with Crippen LogP contribution in [0.2, 0.25) is 0 Å². The Morgan fingerprint density at radius 2 is 1.78 bits per heavy atom. The molecular weight excluding hydrogens is 360 g/mol. The van der Waals surface area contributed by atoms with Crippen molar-refractivity contribution in [3.05, 3.63) is 59.7 Å². The molecule has 1 heterocycles. The van der Waals surface area contributed by atoms with Gasteiger partial charge in [0, 0.05) is 31.9 Å². The highest BCUT2D eigenvalue weighted by Crippen LogP contribution is 2.23. The lowest BCUT2D eigenvalue weighted by Crippen LogP contribution is -2.24. The zero-order valence-electron chi connectivity index (χ0n) is 15.6. The fourth-order valence-corrected chi connectivity index (χ4v) is 2.96. The molecule has 27 heavy (non-hydrogen) atoms. The number of nitrogens with one attached hydrogen (secondary N) is 1. The zero-order valence-corrected chi connectivity index (χ0v) is 16.4. The third kappa shape index (κ3) is 5.34. The molecule has 0 aliphatic rings. The second-order valence-corrected chi connectivity index (χ2v) is 7.29. The van der Waals surface area contributed by atoms with Crippen LogP contribution in [0.1, 0.15) is 11.1 Å². The number of anilines is 1.